The van der Waals surface area contributed by atoms with Crippen molar-refractivity contribution < 1.29 is 14.6 Å². The van der Waals surface area contributed by atoms with Crippen LogP contribution in [0.3, 0.4) is 0 Å². The van der Waals surface area contributed by atoms with Gasteiger partial charge in [-0.25, -0.2) is 16.4 Å². The fourth-order valence-corrected chi connectivity index (χ4v) is 4.36. The Hall–Kier alpha value is 0.880. The highest BCUT2D eigenvalue weighted by atomic mass is 127. The molecule has 0 atom stereocenters. The van der Waals surface area contributed by atoms with Crippen LogP contribution < -0.4 is 10.3 Å². The topological polar surface area (TPSA) is 120 Å². The van der Waals surface area contributed by atoms with Gasteiger partial charge in [0.15, 0.2) is 0 Å². The van der Waals surface area contributed by atoms with Crippen molar-refractivity contribution in [2.75, 3.05) is 0 Å². The van der Waals surface area contributed by atoms with Gasteiger partial charge in [-0.05, 0) is 63.4 Å². The normalized spacial score (nSPS) is 10.8. The second-order valence-corrected chi connectivity index (χ2v) is 8.35. The number of hydrogen-bond donors (Lipinski definition) is 2. The summed E-state index contributed by atoms with van der Waals surface area (Å²) in [5, 5.41) is 8.21. The average molecular weight is 584 g/mol. The second kappa shape index (κ2) is 7.34. The smallest absolute Gasteiger partial charge is 0.230 e. The van der Waals surface area contributed by atoms with Gasteiger partial charge in [-0.1, -0.05) is 0 Å². The molecule has 0 spiro atoms. The zero-order valence-corrected chi connectivity index (χ0v) is 14.9. The molecule has 4 N–H and O–H groups in total. The van der Waals surface area contributed by atoms with Crippen LogP contribution >= 0.6 is 65.0 Å². The first kappa shape index (κ1) is 16.9. The summed E-state index contributed by atoms with van der Waals surface area (Å²) < 4.78 is 42.1. The molecule has 1 aromatic carbocycles. The first-order chi connectivity index (χ1) is 7.11. The molecule has 0 aliphatic heterocycles. The fourth-order valence-electron chi connectivity index (χ4n) is 0.596. The Morgan fingerprint density at radius 2 is 1.56 bits per heavy atom. The molecular weight excluding hydrogens is 577 g/mol. The summed E-state index contributed by atoms with van der Waals surface area (Å²) in [4.78, 5) is 0. The molecule has 0 bridgehead atoms. The Morgan fingerprint density at radius 3 is 1.88 bits per heavy atom. The summed E-state index contributed by atoms with van der Waals surface area (Å²) in [7, 11) is -3.67. The predicted molar refractivity (Wildman–Crippen MR) is 83.3 cm³/mol. The third-order valence-corrected chi connectivity index (χ3v) is 5.53. The molecule has 0 amide bonds. The summed E-state index contributed by atoms with van der Waals surface area (Å²) in [5.41, 5.74) is 0. The fraction of sp³-hybridized carbons (Fsp3) is 0. The van der Waals surface area contributed by atoms with Crippen molar-refractivity contribution in [1.29, 1.82) is 0 Å². The van der Waals surface area contributed by atoms with Crippen molar-refractivity contribution in [3.05, 3.63) is 28.9 Å². The molecule has 0 radical (unpaired) electrons. The molecule has 1 rings (SSSR count). The maximum Gasteiger partial charge on any atom is 0.341 e. The molecule has 0 saturated carbocycles. The predicted octanol–water partition coefficient (Wildman–Crippen LogP) is 1.41. The number of rotatable bonds is 1. The summed E-state index contributed by atoms with van der Waals surface area (Å²) >= 11 is 0.932. The largest absolute Gasteiger partial charge is 0.341 e. The van der Waals surface area contributed by atoms with Crippen molar-refractivity contribution in [1.82, 2.24) is 0 Å². The van der Waals surface area contributed by atoms with Crippen LogP contribution in [0.5, 0.6) is 0 Å². The van der Waals surface area contributed by atoms with Gasteiger partial charge in [-0.2, -0.15) is 8.42 Å². The van der Waals surface area contributed by atoms with Gasteiger partial charge in [-0.15, -0.1) is 0 Å². The molecule has 0 fully saturated rings. The van der Waals surface area contributed by atoms with Crippen molar-refractivity contribution in [3.63, 3.8) is 0 Å². The van der Waals surface area contributed by atoms with Crippen molar-refractivity contribution in [2.24, 2.45) is 10.3 Å². The average Bonchev–Trinajstić information content (AvgIpc) is 1.99. The van der Waals surface area contributed by atoms with Crippen LogP contribution in [-0.4, -0.2) is 8.42 Å². The van der Waals surface area contributed by atoms with E-state index in [4.69, 9.17) is 0 Å². The Morgan fingerprint density at radius 1 is 1.12 bits per heavy atom. The zero-order valence-electron chi connectivity index (χ0n) is 7.56. The molecule has 0 aromatic heterocycles. The minimum absolute atomic E-state index is 0.496. The summed E-state index contributed by atoms with van der Waals surface area (Å²) in [6, 6.07) is 5.32. The zero-order chi connectivity index (χ0) is 12.9. The van der Waals surface area contributed by atoms with Crippen LogP contribution in [0, 0.1) is 10.7 Å². The van der Waals surface area contributed by atoms with E-state index < -0.39 is 30.0 Å². The van der Waals surface area contributed by atoms with Gasteiger partial charge >= 0.3 is 19.8 Å². The van der Waals surface area contributed by atoms with Gasteiger partial charge in [0, 0.05) is 7.14 Å². The SMILES string of the molecule is NS(N)(=O)=O.O=I(=O)c1ccc(I)cc1I. The molecule has 16 heavy (non-hydrogen) atoms. The molecule has 0 saturated heterocycles. The van der Waals surface area contributed by atoms with Crippen molar-refractivity contribution >= 4 is 75.2 Å². The number of nitrogens with two attached hydrogens (primary N) is 2. The summed E-state index contributed by atoms with van der Waals surface area (Å²) in [6.07, 6.45) is 0. The number of benzene rings is 1. The minimum atomic E-state index is -3.67. The Bertz CT molecular complexity index is 525. The lowest BCUT2D eigenvalue weighted by Crippen LogP contribution is -2.21. The summed E-state index contributed by atoms with van der Waals surface area (Å²) in [6.45, 7) is 0. The molecule has 10 heteroatoms. The Labute approximate surface area is 127 Å². The van der Waals surface area contributed by atoms with E-state index in [0.717, 1.165) is 7.14 Å². The van der Waals surface area contributed by atoms with Crippen LogP contribution in [0.4, 0.5) is 0 Å². The van der Waals surface area contributed by atoms with E-state index in [0.29, 0.717) is 3.57 Å². The highest BCUT2D eigenvalue weighted by molar-refractivity contribution is 14.2. The highest BCUT2D eigenvalue weighted by Crippen LogP contribution is 2.24. The molecule has 0 aliphatic rings. The number of halogens is 3. The van der Waals surface area contributed by atoms with E-state index in [1.54, 1.807) is 12.1 Å². The van der Waals surface area contributed by atoms with Crippen LogP contribution in [0.1, 0.15) is 0 Å². The maximum atomic E-state index is 10.7. The number of hydrogen-bond acceptors (Lipinski definition) is 4. The molecule has 0 unspecified atom stereocenters. The minimum Gasteiger partial charge on any atom is -0.230 e. The van der Waals surface area contributed by atoms with E-state index in [-0.39, 0.29) is 0 Å². The van der Waals surface area contributed by atoms with Gasteiger partial charge in [0.2, 0.25) is 0 Å². The highest BCUT2D eigenvalue weighted by Gasteiger charge is 2.03. The van der Waals surface area contributed by atoms with E-state index in [9.17, 15) is 14.6 Å². The maximum absolute atomic E-state index is 10.7. The second-order valence-electron chi connectivity index (χ2n) is 2.36. The van der Waals surface area contributed by atoms with Crippen molar-refractivity contribution in [2.45, 2.75) is 0 Å². The molecule has 92 valence electrons. The molecular formula is C6H7I3N2O4S. The standard InChI is InChI=1S/C6H3I3O2.H4N2O2S/c7-4-1-2-6(9(10)11)5(8)3-4;1-5(2,3)4/h1-3H;(H4,1,2,3,4). The van der Waals surface area contributed by atoms with E-state index >= 15 is 0 Å². The van der Waals surface area contributed by atoms with Gasteiger partial charge in [0.1, 0.15) is 0 Å². The summed E-state index contributed by atoms with van der Waals surface area (Å²) in [5.74, 6) is 0. The first-order valence-electron chi connectivity index (χ1n) is 3.42. The van der Waals surface area contributed by atoms with Crippen LogP contribution in [0.2, 0.25) is 0 Å². The molecule has 0 heterocycles. The monoisotopic (exact) mass is 584 g/mol. The third kappa shape index (κ3) is 8.97. The van der Waals surface area contributed by atoms with Crippen LogP contribution in [0.15, 0.2) is 18.2 Å². The first-order valence-corrected chi connectivity index (χ1v) is 10.0. The quantitative estimate of drug-likeness (QED) is 0.384. The van der Waals surface area contributed by atoms with E-state index in [2.05, 4.69) is 32.9 Å². The van der Waals surface area contributed by atoms with Crippen LogP contribution in [-0.2, 0) is 16.3 Å². The van der Waals surface area contributed by atoms with Crippen LogP contribution in [0.25, 0.3) is 0 Å². The van der Waals surface area contributed by atoms with Gasteiger partial charge in [0.05, 0.1) is 3.57 Å². The molecule has 6 nitrogen and oxygen atoms in total. The van der Waals surface area contributed by atoms with E-state index in [1.165, 1.54) is 0 Å². The molecule has 0 aliphatic carbocycles. The third-order valence-electron chi connectivity index (χ3n) is 1.05. The lowest BCUT2D eigenvalue weighted by molar-refractivity contribution is 0.599. The molecule has 1 aromatic rings. The van der Waals surface area contributed by atoms with Crippen molar-refractivity contribution in [3.8, 4) is 0 Å². The lowest BCUT2D eigenvalue weighted by Gasteiger charge is -1.93. The Balaban J connectivity index is 0.000000385. The lowest BCUT2D eigenvalue weighted by atomic mass is 10.4. The van der Waals surface area contributed by atoms with E-state index in [1.807, 2.05) is 28.7 Å². The van der Waals surface area contributed by atoms with Gasteiger partial charge in [-0.3, -0.25) is 0 Å². The Kier molecular flexibility index (Phi) is 7.75. The van der Waals surface area contributed by atoms with Gasteiger partial charge in [0.25, 0.3) is 10.2 Å². The van der Waals surface area contributed by atoms with Gasteiger partial charge < -0.3 is 0 Å².